The number of aliphatic carboxylic acids is 1. The van der Waals surface area contributed by atoms with E-state index in [0.29, 0.717) is 28.6 Å². The van der Waals surface area contributed by atoms with Crippen LogP contribution in [0.5, 0.6) is 0 Å². The third-order valence-electron chi connectivity index (χ3n) is 6.88. The number of nitrogens with zero attached hydrogens (tertiary/aromatic N) is 1. The van der Waals surface area contributed by atoms with E-state index in [9.17, 15) is 18.9 Å². The molecule has 0 aliphatic carbocycles. The summed E-state index contributed by atoms with van der Waals surface area (Å²) < 4.78 is 12.9. The lowest BCUT2D eigenvalue weighted by molar-refractivity contribution is -0.160. The first-order valence-corrected chi connectivity index (χ1v) is 14.0. The highest BCUT2D eigenvalue weighted by molar-refractivity contribution is 7.85. The molecule has 1 aliphatic rings. The summed E-state index contributed by atoms with van der Waals surface area (Å²) in [5.74, 6) is -1.12. The summed E-state index contributed by atoms with van der Waals surface area (Å²) in [5, 5.41) is 10.8. The van der Waals surface area contributed by atoms with E-state index in [1.165, 1.54) is 0 Å². The Kier molecular flexibility index (Phi) is 9.06. The van der Waals surface area contributed by atoms with Gasteiger partial charge in [0.25, 0.3) is 0 Å². The Morgan fingerprint density at radius 1 is 1.14 bits per heavy atom. The number of halogens is 2. The van der Waals surface area contributed by atoms with Crippen LogP contribution in [0.2, 0.25) is 10.0 Å². The number of likely N-dealkylation sites (tertiary alicyclic amines) is 1. The molecule has 1 fully saturated rings. The Morgan fingerprint density at radius 2 is 1.80 bits per heavy atom. The van der Waals surface area contributed by atoms with Crippen LogP contribution >= 0.6 is 23.2 Å². The van der Waals surface area contributed by atoms with Gasteiger partial charge in [0.15, 0.2) is 0 Å². The van der Waals surface area contributed by atoms with Crippen LogP contribution in [0.25, 0.3) is 0 Å². The van der Waals surface area contributed by atoms with Crippen molar-refractivity contribution in [1.29, 1.82) is 0 Å². The van der Waals surface area contributed by atoms with Crippen molar-refractivity contribution in [3.63, 3.8) is 0 Å². The molecule has 1 N–H and O–H groups in total. The Bertz CT molecular complexity index is 1090. The Hall–Kier alpha value is -1.89. The molecule has 2 aromatic carbocycles. The fourth-order valence-electron chi connectivity index (χ4n) is 5.06. The first-order valence-electron chi connectivity index (χ1n) is 11.9. The third kappa shape index (κ3) is 6.28. The number of hydrogen-bond donors (Lipinski definition) is 1. The minimum atomic E-state index is -1.14. The molecule has 3 rings (SSSR count). The molecular weight excluding hydrogens is 505 g/mol. The second kappa shape index (κ2) is 11.4. The Balaban J connectivity index is 2.23. The highest BCUT2D eigenvalue weighted by Crippen LogP contribution is 2.52. The molecule has 5 unspecified atom stereocenters. The molecule has 0 saturated carbocycles. The van der Waals surface area contributed by atoms with Crippen LogP contribution in [-0.4, -0.2) is 43.1 Å². The summed E-state index contributed by atoms with van der Waals surface area (Å²) in [7, 11) is -1.14. The maximum Gasteiger partial charge on any atom is 0.304 e. The van der Waals surface area contributed by atoms with Gasteiger partial charge in [-0.3, -0.25) is 13.8 Å². The summed E-state index contributed by atoms with van der Waals surface area (Å²) in [6.07, 6.45) is 0.669. The van der Waals surface area contributed by atoms with E-state index < -0.39 is 22.2 Å². The summed E-state index contributed by atoms with van der Waals surface area (Å²) in [6, 6.07) is 14.3. The molecule has 5 nitrogen and oxygen atoms in total. The second-order valence-corrected chi connectivity index (χ2v) is 12.8. The van der Waals surface area contributed by atoms with Crippen LogP contribution in [0.3, 0.4) is 0 Å². The van der Waals surface area contributed by atoms with Gasteiger partial charge < -0.3 is 10.0 Å². The number of carboxylic acid groups (broad SMARTS) is 1. The summed E-state index contributed by atoms with van der Waals surface area (Å²) in [5.41, 5.74) is 0.722. The number of carbonyl (C=O) groups excluding carboxylic acids is 1. The van der Waals surface area contributed by atoms with E-state index in [-0.39, 0.29) is 35.6 Å². The summed E-state index contributed by atoms with van der Waals surface area (Å²) >= 11 is 12.5. The van der Waals surface area contributed by atoms with Crippen molar-refractivity contribution in [2.45, 2.75) is 70.2 Å². The van der Waals surface area contributed by atoms with Gasteiger partial charge in [-0.15, -0.1) is 0 Å². The molecule has 0 radical (unpaired) electrons. The summed E-state index contributed by atoms with van der Waals surface area (Å²) in [4.78, 5) is 27.8. The monoisotopic (exact) mass is 537 g/mol. The van der Waals surface area contributed by atoms with E-state index >= 15 is 0 Å². The van der Waals surface area contributed by atoms with Crippen LogP contribution in [0.4, 0.5) is 0 Å². The fraction of sp³-hybridized carbons (Fsp3) is 0.481. The molecular formula is C27H33Cl2NO4S. The standard InChI is InChI=1S/C27H33Cl2NO4S/c1-5-22(16-35(34)17(2)3)30-25(18-9-11-20(28)12-10-18)23(19-7-6-8-21(29)13-19)14-27(4,26(30)33)15-24(31)32/h6-13,17,22-23,25H,5,14-16H2,1-4H3,(H,31,32). The van der Waals surface area contributed by atoms with Crippen molar-refractivity contribution in [3.05, 3.63) is 69.7 Å². The zero-order chi connectivity index (χ0) is 25.9. The average molecular weight is 539 g/mol. The third-order valence-corrected chi connectivity index (χ3v) is 9.13. The molecule has 1 aliphatic heterocycles. The molecule has 2 aromatic rings. The quantitative estimate of drug-likeness (QED) is 0.397. The molecule has 0 spiro atoms. The predicted octanol–water partition coefficient (Wildman–Crippen LogP) is 6.47. The number of hydrogen-bond acceptors (Lipinski definition) is 3. The maximum absolute atomic E-state index is 14.1. The molecule has 8 heteroatoms. The van der Waals surface area contributed by atoms with Crippen LogP contribution in [0.15, 0.2) is 48.5 Å². The van der Waals surface area contributed by atoms with Crippen LogP contribution in [0.1, 0.15) is 70.0 Å². The van der Waals surface area contributed by atoms with Gasteiger partial charge in [0.2, 0.25) is 5.91 Å². The number of carboxylic acids is 1. The largest absolute Gasteiger partial charge is 0.481 e. The van der Waals surface area contributed by atoms with E-state index in [1.807, 2.05) is 56.0 Å². The molecule has 0 bridgehead atoms. The number of rotatable bonds is 9. The van der Waals surface area contributed by atoms with Gasteiger partial charge in [-0.2, -0.15) is 0 Å². The van der Waals surface area contributed by atoms with Gasteiger partial charge >= 0.3 is 5.97 Å². The number of amides is 1. The van der Waals surface area contributed by atoms with Crippen LogP contribution in [-0.2, 0) is 20.4 Å². The molecule has 1 heterocycles. The van der Waals surface area contributed by atoms with Crippen LogP contribution < -0.4 is 0 Å². The SMILES string of the molecule is CCC(CS(=O)C(C)C)N1C(=O)C(C)(CC(=O)O)CC(c2cccc(Cl)c2)C1c1ccc(Cl)cc1. The van der Waals surface area contributed by atoms with E-state index in [0.717, 1.165) is 11.1 Å². The highest BCUT2D eigenvalue weighted by atomic mass is 35.5. The number of carbonyl (C=O) groups is 2. The topological polar surface area (TPSA) is 74.7 Å². The van der Waals surface area contributed by atoms with Gasteiger partial charge in [-0.05, 0) is 48.2 Å². The van der Waals surface area contributed by atoms with E-state index in [2.05, 4.69) is 0 Å². The van der Waals surface area contributed by atoms with Crippen molar-refractivity contribution in [2.24, 2.45) is 5.41 Å². The first kappa shape index (κ1) is 27.7. The van der Waals surface area contributed by atoms with Crippen molar-refractivity contribution in [2.75, 3.05) is 5.75 Å². The van der Waals surface area contributed by atoms with Gasteiger partial charge in [0.1, 0.15) is 0 Å². The minimum absolute atomic E-state index is 0.0490. The first-order chi connectivity index (χ1) is 16.5. The van der Waals surface area contributed by atoms with E-state index in [4.69, 9.17) is 23.2 Å². The van der Waals surface area contributed by atoms with Crippen molar-refractivity contribution in [3.8, 4) is 0 Å². The highest BCUT2D eigenvalue weighted by Gasteiger charge is 2.52. The van der Waals surface area contributed by atoms with Gasteiger partial charge in [0, 0.05) is 43.8 Å². The summed E-state index contributed by atoms with van der Waals surface area (Å²) in [6.45, 7) is 7.52. The van der Waals surface area contributed by atoms with Crippen molar-refractivity contribution < 1.29 is 18.9 Å². The molecule has 5 atom stereocenters. The smallest absolute Gasteiger partial charge is 0.304 e. The molecule has 190 valence electrons. The lowest BCUT2D eigenvalue weighted by Crippen LogP contribution is -2.57. The second-order valence-electron chi connectivity index (χ2n) is 9.86. The molecule has 0 aromatic heterocycles. The number of piperidine rings is 1. The lowest BCUT2D eigenvalue weighted by atomic mass is 9.67. The molecule has 1 saturated heterocycles. The molecule has 1 amide bonds. The van der Waals surface area contributed by atoms with Crippen LogP contribution in [0, 0.1) is 5.41 Å². The Labute approximate surface area is 220 Å². The average Bonchev–Trinajstić information content (AvgIpc) is 2.79. The fourth-order valence-corrected chi connectivity index (χ4v) is 6.54. The zero-order valence-corrected chi connectivity index (χ0v) is 22.9. The normalized spacial score (nSPS) is 24.4. The van der Waals surface area contributed by atoms with E-state index in [1.54, 1.807) is 25.1 Å². The predicted molar refractivity (Wildman–Crippen MR) is 142 cm³/mol. The lowest BCUT2D eigenvalue weighted by Gasteiger charge is -2.52. The van der Waals surface area contributed by atoms with Gasteiger partial charge in [-0.25, -0.2) is 0 Å². The van der Waals surface area contributed by atoms with Crippen molar-refractivity contribution in [1.82, 2.24) is 4.90 Å². The number of benzene rings is 2. The molecule has 35 heavy (non-hydrogen) atoms. The maximum atomic E-state index is 14.1. The van der Waals surface area contributed by atoms with Gasteiger partial charge in [-0.1, -0.05) is 75.2 Å². The minimum Gasteiger partial charge on any atom is -0.481 e. The zero-order valence-electron chi connectivity index (χ0n) is 20.5. The van der Waals surface area contributed by atoms with Gasteiger partial charge in [0.05, 0.1) is 17.9 Å². The Morgan fingerprint density at radius 3 is 2.34 bits per heavy atom. The van der Waals surface area contributed by atoms with Crippen molar-refractivity contribution >= 4 is 45.9 Å².